The maximum absolute atomic E-state index is 5.89. The van der Waals surface area contributed by atoms with Crippen LogP contribution in [0.3, 0.4) is 0 Å². The standard InChI is InChI=1S/C12H23N5/c1-9(2)3-4-11-14-12(16-15-11)17-7-5-10(13)6-8-17/h9-10H,3-8,13H2,1-2H3,(H,14,15,16). The summed E-state index contributed by atoms with van der Waals surface area (Å²) in [4.78, 5) is 6.77. The highest BCUT2D eigenvalue weighted by Gasteiger charge is 2.19. The van der Waals surface area contributed by atoms with Gasteiger partial charge in [0.15, 0.2) is 0 Å². The average molecular weight is 237 g/mol. The number of aromatic amines is 1. The highest BCUT2D eigenvalue weighted by molar-refractivity contribution is 5.29. The number of anilines is 1. The number of aryl methyl sites for hydroxylation is 1. The SMILES string of the molecule is CC(C)CCc1nc(N2CCC(N)CC2)n[nH]1. The molecule has 1 fully saturated rings. The van der Waals surface area contributed by atoms with Crippen LogP contribution in [0.2, 0.25) is 0 Å². The summed E-state index contributed by atoms with van der Waals surface area (Å²) < 4.78 is 0. The number of H-pyrrole nitrogens is 1. The Kier molecular flexibility index (Phi) is 3.99. The van der Waals surface area contributed by atoms with Gasteiger partial charge in [0.1, 0.15) is 5.82 Å². The van der Waals surface area contributed by atoms with Crippen LogP contribution >= 0.6 is 0 Å². The lowest BCUT2D eigenvalue weighted by Crippen LogP contribution is -2.40. The van der Waals surface area contributed by atoms with E-state index in [1.165, 1.54) is 0 Å². The lowest BCUT2D eigenvalue weighted by molar-refractivity contribution is 0.496. The third-order valence-corrected chi connectivity index (χ3v) is 3.30. The molecule has 1 aromatic heterocycles. The van der Waals surface area contributed by atoms with Crippen molar-refractivity contribution in [3.05, 3.63) is 5.82 Å². The van der Waals surface area contributed by atoms with Crippen LogP contribution in [0.5, 0.6) is 0 Å². The van der Waals surface area contributed by atoms with Crippen LogP contribution < -0.4 is 10.6 Å². The number of nitrogens with one attached hydrogen (secondary N) is 1. The van der Waals surface area contributed by atoms with Gasteiger partial charge in [-0.05, 0) is 25.2 Å². The molecule has 3 N–H and O–H groups in total. The Hall–Kier alpha value is -1.10. The molecule has 0 radical (unpaired) electrons. The van der Waals surface area contributed by atoms with Crippen molar-refractivity contribution < 1.29 is 0 Å². The molecule has 0 aliphatic carbocycles. The van der Waals surface area contributed by atoms with Crippen LogP contribution in [0.15, 0.2) is 0 Å². The molecule has 0 saturated carbocycles. The fourth-order valence-corrected chi connectivity index (χ4v) is 2.06. The monoisotopic (exact) mass is 237 g/mol. The largest absolute Gasteiger partial charge is 0.339 e. The minimum Gasteiger partial charge on any atom is -0.339 e. The van der Waals surface area contributed by atoms with Gasteiger partial charge in [0, 0.05) is 25.6 Å². The van der Waals surface area contributed by atoms with Crippen LogP contribution in [0.1, 0.15) is 38.9 Å². The predicted octanol–water partition coefficient (Wildman–Crippen LogP) is 1.32. The Morgan fingerprint density at radius 3 is 2.76 bits per heavy atom. The van der Waals surface area contributed by atoms with Gasteiger partial charge in [-0.25, -0.2) is 0 Å². The Morgan fingerprint density at radius 2 is 2.12 bits per heavy atom. The summed E-state index contributed by atoms with van der Waals surface area (Å²) in [5, 5.41) is 7.33. The summed E-state index contributed by atoms with van der Waals surface area (Å²) in [7, 11) is 0. The summed E-state index contributed by atoms with van der Waals surface area (Å²) >= 11 is 0. The first-order chi connectivity index (χ1) is 8.15. The van der Waals surface area contributed by atoms with Gasteiger partial charge in [-0.3, -0.25) is 5.10 Å². The number of rotatable bonds is 4. The zero-order chi connectivity index (χ0) is 12.3. The van der Waals surface area contributed by atoms with Crippen LogP contribution in [0, 0.1) is 5.92 Å². The molecule has 0 atom stereocenters. The molecule has 0 amide bonds. The second-order valence-electron chi connectivity index (χ2n) is 5.34. The molecule has 2 heterocycles. The molecule has 1 aromatic rings. The van der Waals surface area contributed by atoms with E-state index in [1.54, 1.807) is 0 Å². The van der Waals surface area contributed by atoms with Crippen LogP contribution in [0.4, 0.5) is 5.95 Å². The highest BCUT2D eigenvalue weighted by atomic mass is 15.4. The van der Waals surface area contributed by atoms with E-state index in [1.807, 2.05) is 0 Å². The maximum atomic E-state index is 5.89. The summed E-state index contributed by atoms with van der Waals surface area (Å²) in [6.45, 7) is 6.40. The molecular weight excluding hydrogens is 214 g/mol. The summed E-state index contributed by atoms with van der Waals surface area (Å²) in [5.41, 5.74) is 5.89. The number of hydrogen-bond donors (Lipinski definition) is 2. The van der Waals surface area contributed by atoms with E-state index >= 15 is 0 Å². The number of nitrogens with zero attached hydrogens (tertiary/aromatic N) is 3. The van der Waals surface area contributed by atoms with Gasteiger partial charge in [-0.15, -0.1) is 5.10 Å². The first-order valence-corrected chi connectivity index (χ1v) is 6.57. The van der Waals surface area contributed by atoms with Gasteiger partial charge in [0.2, 0.25) is 5.95 Å². The molecule has 0 bridgehead atoms. The minimum atomic E-state index is 0.352. The second kappa shape index (κ2) is 5.49. The number of piperidine rings is 1. The van der Waals surface area contributed by atoms with Gasteiger partial charge >= 0.3 is 0 Å². The molecule has 0 aromatic carbocycles. The average Bonchev–Trinajstić information content (AvgIpc) is 2.76. The Morgan fingerprint density at radius 1 is 1.41 bits per heavy atom. The molecule has 0 spiro atoms. The smallest absolute Gasteiger partial charge is 0.244 e. The summed E-state index contributed by atoms with van der Waals surface area (Å²) in [6, 6.07) is 0.352. The van der Waals surface area contributed by atoms with E-state index in [2.05, 4.69) is 33.9 Å². The second-order valence-corrected chi connectivity index (χ2v) is 5.34. The molecule has 5 heteroatoms. The number of aromatic nitrogens is 3. The van der Waals surface area contributed by atoms with Gasteiger partial charge in [-0.1, -0.05) is 13.8 Å². The molecule has 1 saturated heterocycles. The molecule has 1 aliphatic heterocycles. The summed E-state index contributed by atoms with van der Waals surface area (Å²) in [5.74, 6) is 2.55. The summed E-state index contributed by atoms with van der Waals surface area (Å²) in [6.07, 6.45) is 4.21. The molecule has 1 aliphatic rings. The third-order valence-electron chi connectivity index (χ3n) is 3.30. The first kappa shape index (κ1) is 12.4. The van der Waals surface area contributed by atoms with Crippen molar-refractivity contribution in [3.63, 3.8) is 0 Å². The molecule has 5 nitrogen and oxygen atoms in total. The molecular formula is C12H23N5. The van der Waals surface area contributed by atoms with E-state index in [9.17, 15) is 0 Å². The van der Waals surface area contributed by atoms with Gasteiger partial charge in [-0.2, -0.15) is 4.98 Å². The van der Waals surface area contributed by atoms with Crippen LogP contribution in [-0.4, -0.2) is 34.3 Å². The van der Waals surface area contributed by atoms with E-state index in [4.69, 9.17) is 5.73 Å². The van der Waals surface area contributed by atoms with E-state index in [0.717, 1.165) is 50.5 Å². The molecule has 2 rings (SSSR count). The van der Waals surface area contributed by atoms with E-state index in [-0.39, 0.29) is 0 Å². The first-order valence-electron chi connectivity index (χ1n) is 6.57. The molecule has 96 valence electrons. The zero-order valence-electron chi connectivity index (χ0n) is 10.8. The topological polar surface area (TPSA) is 70.8 Å². The van der Waals surface area contributed by atoms with Crippen molar-refractivity contribution >= 4 is 5.95 Å². The van der Waals surface area contributed by atoms with Gasteiger partial charge < -0.3 is 10.6 Å². The Bertz CT molecular complexity index is 338. The fourth-order valence-electron chi connectivity index (χ4n) is 2.06. The third kappa shape index (κ3) is 3.43. The minimum absolute atomic E-state index is 0.352. The van der Waals surface area contributed by atoms with Crippen LogP contribution in [0.25, 0.3) is 0 Å². The van der Waals surface area contributed by atoms with Gasteiger partial charge in [0.25, 0.3) is 0 Å². The normalized spacial score (nSPS) is 18.0. The fraction of sp³-hybridized carbons (Fsp3) is 0.833. The highest BCUT2D eigenvalue weighted by Crippen LogP contribution is 2.15. The maximum Gasteiger partial charge on any atom is 0.244 e. The Labute approximate surface area is 103 Å². The number of hydrogen-bond acceptors (Lipinski definition) is 4. The van der Waals surface area contributed by atoms with Crippen molar-refractivity contribution in [2.75, 3.05) is 18.0 Å². The van der Waals surface area contributed by atoms with Gasteiger partial charge in [0.05, 0.1) is 0 Å². The quantitative estimate of drug-likeness (QED) is 0.828. The lowest BCUT2D eigenvalue weighted by Gasteiger charge is -2.28. The number of nitrogens with two attached hydrogens (primary N) is 1. The van der Waals surface area contributed by atoms with Crippen molar-refractivity contribution in [1.82, 2.24) is 15.2 Å². The van der Waals surface area contributed by atoms with Crippen LogP contribution in [-0.2, 0) is 6.42 Å². The van der Waals surface area contributed by atoms with Crippen molar-refractivity contribution in [2.45, 2.75) is 45.6 Å². The van der Waals surface area contributed by atoms with Crippen molar-refractivity contribution in [2.24, 2.45) is 11.7 Å². The lowest BCUT2D eigenvalue weighted by atomic mass is 10.1. The van der Waals surface area contributed by atoms with E-state index in [0.29, 0.717) is 12.0 Å². The van der Waals surface area contributed by atoms with Crippen molar-refractivity contribution in [1.29, 1.82) is 0 Å². The molecule has 17 heavy (non-hydrogen) atoms. The molecule has 0 unspecified atom stereocenters. The zero-order valence-corrected chi connectivity index (χ0v) is 10.8. The van der Waals surface area contributed by atoms with E-state index < -0.39 is 0 Å². The predicted molar refractivity (Wildman–Crippen MR) is 69.0 cm³/mol. The Balaban J connectivity index is 1.89. The van der Waals surface area contributed by atoms with Crippen molar-refractivity contribution in [3.8, 4) is 0 Å².